The molecule has 0 spiro atoms. The summed E-state index contributed by atoms with van der Waals surface area (Å²) >= 11 is 13.7. The Morgan fingerprint density at radius 3 is 1.58 bits per heavy atom. The van der Waals surface area contributed by atoms with Crippen molar-refractivity contribution in [1.29, 1.82) is 0 Å². The van der Waals surface area contributed by atoms with Crippen molar-refractivity contribution in [3.05, 3.63) is 241 Å². The predicted molar refractivity (Wildman–Crippen MR) is 320 cm³/mol. The fourth-order valence-corrected chi connectivity index (χ4v) is 8.75. The molecule has 1 aromatic heterocycles. The first kappa shape index (κ1) is 59.8. The number of carboxylic acids is 1. The van der Waals surface area contributed by atoms with Gasteiger partial charge in [-0.05, 0) is 128 Å². The second-order valence-electron chi connectivity index (χ2n) is 17.8. The lowest BCUT2D eigenvalue weighted by Crippen LogP contribution is -2.29. The highest BCUT2D eigenvalue weighted by molar-refractivity contribution is 14.1. The summed E-state index contributed by atoms with van der Waals surface area (Å²) in [5.74, 6) is -4.06. The molecule has 0 saturated heterocycles. The highest BCUT2D eigenvalue weighted by atomic mass is 127. The zero-order chi connectivity index (χ0) is 58.2. The Hall–Kier alpha value is -8.85. The Labute approximate surface area is 488 Å². The quantitative estimate of drug-likeness (QED) is 0.0323. The maximum absolute atomic E-state index is 11.9. The Morgan fingerprint density at radius 2 is 1.07 bits per heavy atom. The summed E-state index contributed by atoms with van der Waals surface area (Å²) in [4.78, 5) is 83.0. The smallest absolute Gasteiger partial charge is 0.488 e. The second kappa shape index (κ2) is 28.3. The van der Waals surface area contributed by atoms with Crippen LogP contribution in [0.15, 0.2) is 194 Å². The molecule has 2 amide bonds. The van der Waals surface area contributed by atoms with Crippen molar-refractivity contribution in [3.8, 4) is 28.0 Å². The van der Waals surface area contributed by atoms with Crippen molar-refractivity contribution in [2.45, 2.75) is 19.8 Å². The van der Waals surface area contributed by atoms with Crippen LogP contribution in [0.1, 0.15) is 54.8 Å². The van der Waals surface area contributed by atoms with Crippen molar-refractivity contribution in [2.75, 3.05) is 17.2 Å². The number of aromatic nitrogens is 1. The average Bonchev–Trinajstić information content (AvgIpc) is 4.10. The topological polar surface area (TPSA) is 247 Å². The van der Waals surface area contributed by atoms with E-state index in [0.717, 1.165) is 37.0 Å². The van der Waals surface area contributed by atoms with Crippen LogP contribution in [0.2, 0.25) is 10.0 Å². The zero-order valence-corrected chi connectivity index (χ0v) is 46.5. The number of nitrogens with one attached hydrogen (secondary N) is 2. The minimum Gasteiger partial charge on any atom is -0.505 e. The van der Waals surface area contributed by atoms with Gasteiger partial charge in [-0.15, -0.1) is 0 Å². The molecule has 0 radical (unpaired) electrons. The molecule has 0 atom stereocenters. The van der Waals surface area contributed by atoms with Gasteiger partial charge in [0.05, 0.1) is 33.7 Å². The Balaban J connectivity index is 0.000000155. The van der Waals surface area contributed by atoms with Crippen LogP contribution in [0.3, 0.4) is 0 Å². The minimum atomic E-state index is -1.34. The first-order chi connectivity index (χ1) is 38.8. The van der Waals surface area contributed by atoms with E-state index in [-0.39, 0.29) is 30.1 Å². The van der Waals surface area contributed by atoms with Crippen LogP contribution in [0.4, 0.5) is 11.4 Å². The van der Waals surface area contributed by atoms with Gasteiger partial charge in [0.15, 0.2) is 11.5 Å². The lowest BCUT2D eigenvalue weighted by atomic mass is 9.81. The molecule has 6 N–H and O–H groups in total. The number of ether oxygens (including phenoxy) is 1. The van der Waals surface area contributed by atoms with Gasteiger partial charge < -0.3 is 35.6 Å². The molecular formula is C62H47BCl2IN3O12. The minimum absolute atomic E-state index is 0.132. The first-order valence-electron chi connectivity index (χ1n) is 24.5. The molecule has 2 aliphatic heterocycles. The summed E-state index contributed by atoms with van der Waals surface area (Å²) < 4.78 is 5.54. The van der Waals surface area contributed by atoms with E-state index in [2.05, 4.69) is 42.9 Å². The summed E-state index contributed by atoms with van der Waals surface area (Å²) in [6.45, 7) is 1.10. The molecular weight excluding hydrogens is 1190 g/mol. The summed E-state index contributed by atoms with van der Waals surface area (Å²) in [6.07, 6.45) is 0.560. The molecule has 8 aromatic carbocycles. The third kappa shape index (κ3) is 16.6. The fourth-order valence-electron chi connectivity index (χ4n) is 8.01. The van der Waals surface area contributed by atoms with E-state index >= 15 is 0 Å². The molecule has 3 heterocycles. The van der Waals surface area contributed by atoms with Gasteiger partial charge in [0.1, 0.15) is 12.2 Å². The second-order valence-corrected chi connectivity index (χ2v) is 19.9. The van der Waals surface area contributed by atoms with Gasteiger partial charge in [-0.1, -0.05) is 151 Å². The summed E-state index contributed by atoms with van der Waals surface area (Å²) in [5.41, 5.74) is 8.92. The number of aromatic carboxylic acids is 1. The third-order valence-electron chi connectivity index (χ3n) is 12.0. The summed E-state index contributed by atoms with van der Waals surface area (Å²) in [7, 11) is -1.34. The Morgan fingerprint density at radius 1 is 0.593 bits per heavy atom. The maximum Gasteiger partial charge on any atom is 0.488 e. The normalized spacial score (nSPS) is 11.5. The number of aromatic hydroxyl groups is 1. The van der Waals surface area contributed by atoms with Crippen LogP contribution in [-0.4, -0.2) is 80.1 Å². The molecule has 9 aromatic rings. The molecule has 11 rings (SSSR count). The number of amides is 2. The van der Waals surface area contributed by atoms with Crippen molar-refractivity contribution < 1.29 is 58.6 Å². The number of carboxylic acid groups (broad SMARTS) is 1. The van der Waals surface area contributed by atoms with E-state index in [1.165, 1.54) is 6.92 Å². The van der Waals surface area contributed by atoms with Crippen LogP contribution in [0.25, 0.3) is 33.2 Å². The zero-order valence-electron chi connectivity index (χ0n) is 42.8. The number of hydrogen-bond donors (Lipinski definition) is 6. The number of Topliss-reactive ketones (excluding diaryl/α,β-unsaturated/α-hetero) is 3. The molecule has 0 fully saturated rings. The van der Waals surface area contributed by atoms with E-state index in [0.29, 0.717) is 61.0 Å². The number of esters is 1. The molecule has 19 heteroatoms. The largest absolute Gasteiger partial charge is 0.505 e. The van der Waals surface area contributed by atoms with Crippen LogP contribution >= 0.6 is 45.8 Å². The number of rotatable bonds is 10. The highest BCUT2D eigenvalue weighted by Gasteiger charge is 2.29. The molecule has 0 bridgehead atoms. The number of carbonyl (C=O) groups is 7. The number of halogens is 3. The number of fused-ring (bicyclic) bond motifs is 3. The lowest BCUT2D eigenvalue weighted by Gasteiger charge is -2.12. The van der Waals surface area contributed by atoms with Crippen molar-refractivity contribution in [2.24, 2.45) is 0 Å². The monoisotopic (exact) mass is 1230 g/mol. The van der Waals surface area contributed by atoms with E-state index in [9.17, 15) is 43.8 Å². The molecule has 15 nitrogen and oxygen atoms in total. The molecule has 0 aliphatic carbocycles. The number of anilines is 2. The summed E-state index contributed by atoms with van der Waals surface area (Å²) in [5, 5.41) is 44.2. The van der Waals surface area contributed by atoms with E-state index < -0.39 is 42.4 Å². The maximum atomic E-state index is 11.9. The lowest BCUT2D eigenvalue weighted by molar-refractivity contribution is -0.145. The van der Waals surface area contributed by atoms with E-state index in [1.54, 1.807) is 97.1 Å². The number of hydrogen-bond acceptors (Lipinski definition) is 12. The molecule has 81 heavy (non-hydrogen) atoms. The number of carbonyl (C=O) groups excluding carboxylic acids is 6. The average molecular weight is 1230 g/mol. The molecule has 406 valence electrons. The van der Waals surface area contributed by atoms with Crippen molar-refractivity contribution >= 4 is 122 Å². The third-order valence-corrected chi connectivity index (χ3v) is 13.2. The Bertz CT molecular complexity index is 3780. The van der Waals surface area contributed by atoms with Gasteiger partial charge >= 0.3 is 19.1 Å². The fraction of sp³-hybridized carbons (Fsp3) is 0.0645. The van der Waals surface area contributed by atoms with Crippen LogP contribution in [0.5, 0.6) is 5.75 Å². The first-order valence-corrected chi connectivity index (χ1v) is 26.4. The number of pyridine rings is 1. The molecule has 0 unspecified atom stereocenters. The number of benzene rings is 8. The predicted octanol–water partition coefficient (Wildman–Crippen LogP) is 10.8. The van der Waals surface area contributed by atoms with Gasteiger partial charge in [-0.2, -0.15) is 0 Å². The van der Waals surface area contributed by atoms with E-state index in [1.807, 2.05) is 97.1 Å². The van der Waals surface area contributed by atoms with Crippen molar-refractivity contribution in [3.63, 3.8) is 0 Å². The van der Waals surface area contributed by atoms with Crippen LogP contribution in [0, 0.1) is 3.57 Å². The van der Waals surface area contributed by atoms with Gasteiger partial charge in [-0.3, -0.25) is 28.8 Å². The molecule has 0 saturated carbocycles. The van der Waals surface area contributed by atoms with Gasteiger partial charge in [0.25, 0.3) is 23.4 Å². The van der Waals surface area contributed by atoms with Crippen LogP contribution in [-0.2, 0) is 36.8 Å². The molecule has 2 aliphatic rings. The van der Waals surface area contributed by atoms with E-state index in [4.69, 9.17) is 33.2 Å². The number of ketones is 3. The standard InChI is InChI=1S/C23H16ClNO3.C14H9NO2.C11H11ClO3.C8H4INO2.C6H7BO2/c24-17-9-6-14(7-10-17)12-20-22(26)21(23(27)28)18-13-16(8-11-19(18)25-20)15-4-2-1-3-5-15;16-13-11-8-10(9-4-2-1-3-5-9)6-7-12(11)15-14(13)17;1-8(13)15-7-11(14)6-9-2-4-10(12)5-3-9;9-4-1-2-6-5(3-4)7(11)8(12)10-6;8-7(9)6-4-2-1-3-5-6/h1-11,13,26H,12H2,(H,27,28);1-8H,(H,15,16,17);2-5H,6-7H2,1H3;1-3H,(H,10,11,12);1-5,8-9H. The van der Waals surface area contributed by atoms with Crippen molar-refractivity contribution in [1.82, 2.24) is 4.98 Å². The van der Waals surface area contributed by atoms with Gasteiger partial charge in [-0.25, -0.2) is 9.78 Å². The summed E-state index contributed by atoms with van der Waals surface area (Å²) in [6, 6.07) is 58.3. The van der Waals surface area contributed by atoms with Crippen LogP contribution < -0.4 is 16.1 Å². The highest BCUT2D eigenvalue weighted by Crippen LogP contribution is 2.34. The van der Waals surface area contributed by atoms with Gasteiger partial charge in [0.2, 0.25) is 0 Å². The van der Waals surface area contributed by atoms with Gasteiger partial charge in [0, 0.05) is 38.8 Å². The number of nitrogens with zero attached hydrogens (tertiary/aromatic N) is 1. The SMILES string of the molecule is CC(=O)OCC(=O)Cc1ccc(Cl)cc1.O=C(O)c1c(O)c(Cc2ccc(Cl)cc2)nc2ccc(-c3ccccc3)cc12.O=C1Nc2ccc(-c3ccccc3)cc2C1=O.O=C1Nc2ccc(I)cc2C1=O.OB(O)c1ccccc1. The Kier molecular flexibility index (Phi) is 20.9.